The van der Waals surface area contributed by atoms with Crippen LogP contribution in [0.3, 0.4) is 0 Å². The zero-order valence-electron chi connectivity index (χ0n) is 37.1. The number of likely N-dealkylation sites (tertiary alicyclic amines) is 2. The number of imidazole rings is 1. The second-order valence-corrected chi connectivity index (χ2v) is 18.2. The number of methoxy groups -OCH3 is 3. The van der Waals surface area contributed by atoms with E-state index in [4.69, 9.17) is 28.9 Å². The summed E-state index contributed by atoms with van der Waals surface area (Å²) in [5.74, 6) is 1.61. The Hall–Kier alpha value is -6.74. The Balaban J connectivity index is 0.884. The van der Waals surface area contributed by atoms with Gasteiger partial charge in [0, 0.05) is 43.3 Å². The molecule has 336 valence electrons. The Morgan fingerprint density at radius 3 is 2.45 bits per heavy atom. The van der Waals surface area contributed by atoms with Crippen molar-refractivity contribution in [3.8, 4) is 28.1 Å². The molecule has 65 heavy (non-hydrogen) atoms. The molecule has 3 N–H and O–H groups in total. The highest BCUT2D eigenvalue weighted by molar-refractivity contribution is 6.07. The van der Waals surface area contributed by atoms with Gasteiger partial charge in [-0.2, -0.15) is 0 Å². The number of aliphatic imine (C=N–C) groups is 1. The monoisotopic (exact) mass is 879 g/mol. The zero-order valence-corrected chi connectivity index (χ0v) is 37.1. The van der Waals surface area contributed by atoms with Crippen molar-refractivity contribution in [2.45, 2.75) is 76.3 Å². The van der Waals surface area contributed by atoms with Gasteiger partial charge in [0.05, 0.1) is 50.5 Å². The summed E-state index contributed by atoms with van der Waals surface area (Å²) in [5, 5.41) is 7.64. The number of rotatable bonds is 11. The van der Waals surface area contributed by atoms with E-state index in [2.05, 4.69) is 58.1 Å². The smallest absolute Gasteiger partial charge is 0.407 e. The number of hydrogen-bond acceptors (Lipinski definition) is 10. The molecule has 5 aromatic rings. The van der Waals surface area contributed by atoms with E-state index in [1.165, 1.54) is 14.2 Å². The van der Waals surface area contributed by atoms with E-state index < -0.39 is 24.3 Å². The summed E-state index contributed by atoms with van der Waals surface area (Å²) in [7, 11) is 4.26. The van der Waals surface area contributed by atoms with E-state index in [-0.39, 0.29) is 41.8 Å². The molecule has 0 bridgehead atoms. The number of carbonyl (C=O) groups is 4. The second kappa shape index (κ2) is 17.0. The highest BCUT2D eigenvalue weighted by Crippen LogP contribution is 2.53. The van der Waals surface area contributed by atoms with Crippen molar-refractivity contribution < 1.29 is 38.1 Å². The first-order valence-electron chi connectivity index (χ1n) is 22.4. The molecule has 3 fully saturated rings. The maximum Gasteiger partial charge on any atom is 0.407 e. The predicted molar refractivity (Wildman–Crippen MR) is 243 cm³/mol. The van der Waals surface area contributed by atoms with Crippen LogP contribution in [0.1, 0.15) is 67.7 Å². The van der Waals surface area contributed by atoms with Crippen molar-refractivity contribution in [1.82, 2.24) is 30.4 Å². The van der Waals surface area contributed by atoms with Gasteiger partial charge in [-0.05, 0) is 94.0 Å². The minimum Gasteiger partial charge on any atom is -0.488 e. The Kier molecular flexibility index (Phi) is 11.0. The first kappa shape index (κ1) is 42.2. The molecule has 1 saturated carbocycles. The van der Waals surface area contributed by atoms with Crippen molar-refractivity contribution in [3.63, 3.8) is 0 Å². The third-order valence-corrected chi connectivity index (χ3v) is 13.9. The van der Waals surface area contributed by atoms with Gasteiger partial charge in [-0.1, -0.05) is 62.4 Å². The summed E-state index contributed by atoms with van der Waals surface area (Å²) in [6.07, 6.45) is 3.58. The topological polar surface area (TPSA) is 177 Å². The summed E-state index contributed by atoms with van der Waals surface area (Å²) >= 11 is 0. The fourth-order valence-electron chi connectivity index (χ4n) is 10.5. The van der Waals surface area contributed by atoms with Crippen LogP contribution in [0.15, 0.2) is 84.0 Å². The molecule has 15 heteroatoms. The maximum absolute atomic E-state index is 14.4. The molecule has 5 aliphatic rings. The SMILES string of the molecule is COC[C@H]1C[C@@H](C2=Nc3ccc4cc5c(cc4c3C2)OCc2cc(-c3cnc([C@@H]4CC6C[C@H]6N4C(=O)[C@@H](NC(=O)OC)C(C)C)[nH]3)ccc2-5)N(C(=O)[C@H](NC(=O)OC)c2ccccc2)C1. The second-order valence-electron chi connectivity index (χ2n) is 18.2. The molecule has 4 amide bonds. The Bertz CT molecular complexity index is 2730. The first-order chi connectivity index (χ1) is 31.5. The Labute approximate surface area is 376 Å². The van der Waals surface area contributed by atoms with Crippen molar-refractivity contribution in [2.24, 2.45) is 22.7 Å². The van der Waals surface area contributed by atoms with Gasteiger partial charge >= 0.3 is 12.2 Å². The minimum atomic E-state index is -0.926. The third kappa shape index (κ3) is 7.74. The molecule has 0 radical (unpaired) electrons. The van der Waals surface area contributed by atoms with Crippen LogP contribution < -0.4 is 15.4 Å². The molecule has 5 heterocycles. The average Bonchev–Trinajstić information content (AvgIpc) is 3.79. The maximum atomic E-state index is 14.4. The Morgan fingerprint density at radius 1 is 0.877 bits per heavy atom. The number of ether oxygens (including phenoxy) is 4. The van der Waals surface area contributed by atoms with Gasteiger partial charge in [-0.3, -0.25) is 14.6 Å². The number of carbonyl (C=O) groups excluding carboxylic acids is 4. The fraction of sp³-hybridized carbons (Fsp3) is 0.400. The van der Waals surface area contributed by atoms with Crippen LogP contribution in [0.4, 0.5) is 15.3 Å². The summed E-state index contributed by atoms with van der Waals surface area (Å²) in [5.41, 5.74) is 8.52. The number of nitrogens with one attached hydrogen (secondary N) is 3. The zero-order chi connectivity index (χ0) is 45.1. The molecule has 0 spiro atoms. The quantitative estimate of drug-likeness (QED) is 0.122. The van der Waals surface area contributed by atoms with Crippen molar-refractivity contribution in [3.05, 3.63) is 102 Å². The lowest BCUT2D eigenvalue weighted by atomic mass is 9.90. The standard InChI is InChI=1S/C50H53N7O8/c1-26(2)44(54-49(60)63-4)48(59)57-40-18-31(40)19-42(57)46-51-22-39(53-46)30-11-13-33-32(16-30)25-65-43-21-34-29(17-36(33)43)12-14-37-35(34)20-38(52-37)41-15-27(24-62-3)23-56(41)47(58)45(55-50(61)64-5)28-9-7-6-8-10-28/h6-14,16-17,21-22,26-27,31,40-42,44-45H,15,18-20,23-25H2,1-5H3,(H,51,53)(H,54,60)(H,55,61)/t27-,31?,40+,41-,42-,44-,45+/m0/s1. The van der Waals surface area contributed by atoms with E-state index in [0.717, 1.165) is 80.1 Å². The van der Waals surface area contributed by atoms with Gasteiger partial charge in [-0.15, -0.1) is 0 Å². The number of aromatic nitrogens is 2. The van der Waals surface area contributed by atoms with Crippen LogP contribution >= 0.6 is 0 Å². The lowest BCUT2D eigenvalue weighted by Gasteiger charge is -2.31. The van der Waals surface area contributed by atoms with Crippen LogP contribution in [0.2, 0.25) is 0 Å². The largest absolute Gasteiger partial charge is 0.488 e. The normalized spacial score (nSPS) is 22.2. The molecule has 4 aliphatic heterocycles. The highest BCUT2D eigenvalue weighted by atomic mass is 16.5. The number of aromatic amines is 1. The van der Waals surface area contributed by atoms with Gasteiger partial charge in [0.1, 0.15) is 30.3 Å². The lowest BCUT2D eigenvalue weighted by Crippen LogP contribution is -2.52. The lowest BCUT2D eigenvalue weighted by molar-refractivity contribution is -0.136. The van der Waals surface area contributed by atoms with Gasteiger partial charge in [0.2, 0.25) is 11.8 Å². The molecule has 7 atom stereocenters. The average molecular weight is 880 g/mol. The fourth-order valence-corrected chi connectivity index (χ4v) is 10.5. The van der Waals surface area contributed by atoms with E-state index in [9.17, 15) is 19.2 Å². The number of H-pyrrole nitrogens is 1. The van der Waals surface area contributed by atoms with E-state index in [1.807, 2.05) is 60.2 Å². The molecular weight excluding hydrogens is 827 g/mol. The van der Waals surface area contributed by atoms with Crippen molar-refractivity contribution in [2.75, 3.05) is 34.5 Å². The van der Waals surface area contributed by atoms with Crippen LogP contribution in [0.5, 0.6) is 5.75 Å². The van der Waals surface area contributed by atoms with E-state index in [0.29, 0.717) is 44.1 Å². The van der Waals surface area contributed by atoms with Gasteiger partial charge in [0.15, 0.2) is 0 Å². The number of benzene rings is 4. The molecule has 1 unspecified atom stereocenters. The van der Waals surface area contributed by atoms with Crippen molar-refractivity contribution >= 4 is 46.2 Å². The van der Waals surface area contributed by atoms with Crippen LogP contribution in [0, 0.1) is 17.8 Å². The molecule has 4 aromatic carbocycles. The number of hydrogen-bond donors (Lipinski definition) is 3. The number of nitrogens with zero attached hydrogens (tertiary/aromatic N) is 4. The number of piperidine rings is 1. The summed E-state index contributed by atoms with van der Waals surface area (Å²) < 4.78 is 21.8. The summed E-state index contributed by atoms with van der Waals surface area (Å²) in [4.78, 5) is 70.3. The molecular formula is C50H53N7O8. The van der Waals surface area contributed by atoms with E-state index in [1.54, 1.807) is 7.11 Å². The third-order valence-electron chi connectivity index (χ3n) is 13.9. The van der Waals surface area contributed by atoms with Crippen LogP contribution in [-0.2, 0) is 36.8 Å². The Morgan fingerprint density at radius 2 is 1.68 bits per heavy atom. The number of fused-ring (bicyclic) bond motifs is 7. The van der Waals surface area contributed by atoms with Gasteiger partial charge in [0.25, 0.3) is 0 Å². The molecule has 15 nitrogen and oxygen atoms in total. The van der Waals surface area contributed by atoms with E-state index >= 15 is 0 Å². The molecule has 10 rings (SSSR count). The van der Waals surface area contributed by atoms with Crippen LogP contribution in [0.25, 0.3) is 33.2 Å². The number of alkyl carbamates (subject to hydrolysis) is 2. The summed E-state index contributed by atoms with van der Waals surface area (Å²) in [6, 6.07) is 22.1. The molecule has 1 aromatic heterocycles. The van der Waals surface area contributed by atoms with Gasteiger partial charge < -0.3 is 44.4 Å². The first-order valence-corrected chi connectivity index (χ1v) is 22.4. The molecule has 2 saturated heterocycles. The highest BCUT2D eigenvalue weighted by Gasteiger charge is 2.56. The van der Waals surface area contributed by atoms with Gasteiger partial charge in [-0.25, -0.2) is 14.6 Å². The van der Waals surface area contributed by atoms with Crippen molar-refractivity contribution in [1.29, 1.82) is 0 Å². The van der Waals surface area contributed by atoms with Crippen LogP contribution in [-0.4, -0.2) is 102 Å². The number of amides is 4. The summed E-state index contributed by atoms with van der Waals surface area (Å²) in [6.45, 7) is 5.20. The predicted octanol–water partition coefficient (Wildman–Crippen LogP) is 7.42. The molecule has 1 aliphatic carbocycles. The minimum absolute atomic E-state index is 0.0997.